The Kier molecular flexibility index (Phi) is 3.75. The second kappa shape index (κ2) is 5.16. The molecule has 106 valence electrons. The van der Waals surface area contributed by atoms with Crippen LogP contribution in [0.25, 0.3) is 0 Å². The summed E-state index contributed by atoms with van der Waals surface area (Å²) in [4.78, 5) is 36.2. The summed E-state index contributed by atoms with van der Waals surface area (Å²) in [6.07, 6.45) is 1.00. The molecule has 19 heavy (non-hydrogen) atoms. The topological polar surface area (TPSA) is 98.7 Å². The second-order valence-electron chi connectivity index (χ2n) is 5.19. The number of aliphatic carboxylic acids is 1. The lowest BCUT2D eigenvalue weighted by Gasteiger charge is -2.28. The van der Waals surface area contributed by atoms with E-state index in [1.54, 1.807) is 4.90 Å². The molecule has 0 saturated carbocycles. The number of hydrogen-bond acceptors (Lipinski definition) is 4. The summed E-state index contributed by atoms with van der Waals surface area (Å²) < 4.78 is 0. The lowest BCUT2D eigenvalue weighted by Crippen LogP contribution is -2.58. The van der Waals surface area contributed by atoms with Gasteiger partial charge in [0.1, 0.15) is 6.04 Å². The van der Waals surface area contributed by atoms with E-state index in [-0.39, 0.29) is 31.4 Å². The highest BCUT2D eigenvalue weighted by Gasteiger charge is 2.45. The van der Waals surface area contributed by atoms with Gasteiger partial charge in [-0.3, -0.25) is 19.7 Å². The van der Waals surface area contributed by atoms with E-state index in [0.717, 1.165) is 0 Å². The molecule has 0 radical (unpaired) electrons. The standard InChI is InChI=1S/C12H19N3O4/c1-2-12(11(18)19)3-4-15(7-12)10(17)8-5-14-9(16)6-13-8/h8,13H,2-7H2,1H3,(H,14,16)(H,18,19). The van der Waals surface area contributed by atoms with Gasteiger partial charge in [0, 0.05) is 19.6 Å². The average Bonchev–Trinajstić information content (AvgIpc) is 2.84. The van der Waals surface area contributed by atoms with Crippen LogP contribution < -0.4 is 10.6 Å². The van der Waals surface area contributed by atoms with Gasteiger partial charge in [0.25, 0.3) is 0 Å². The second-order valence-corrected chi connectivity index (χ2v) is 5.19. The minimum absolute atomic E-state index is 0.126. The van der Waals surface area contributed by atoms with Crippen molar-refractivity contribution in [1.29, 1.82) is 0 Å². The number of hydrogen-bond donors (Lipinski definition) is 3. The van der Waals surface area contributed by atoms with Crippen LogP contribution in [0.4, 0.5) is 0 Å². The van der Waals surface area contributed by atoms with Crippen LogP contribution in [0.2, 0.25) is 0 Å². The Balaban J connectivity index is 1.98. The minimum atomic E-state index is -0.838. The molecule has 0 aliphatic carbocycles. The number of piperazine rings is 1. The molecule has 7 nitrogen and oxygen atoms in total. The summed E-state index contributed by atoms with van der Waals surface area (Å²) in [5, 5.41) is 14.8. The molecule has 2 unspecified atom stereocenters. The number of nitrogens with one attached hydrogen (secondary N) is 2. The summed E-state index contributed by atoms with van der Waals surface area (Å²) in [6, 6.07) is -0.445. The van der Waals surface area contributed by atoms with Gasteiger partial charge in [-0.2, -0.15) is 0 Å². The summed E-state index contributed by atoms with van der Waals surface area (Å²) in [6.45, 7) is 2.94. The Hall–Kier alpha value is -1.63. The summed E-state index contributed by atoms with van der Waals surface area (Å²) in [5.41, 5.74) is -0.812. The number of rotatable bonds is 3. The van der Waals surface area contributed by atoms with Gasteiger partial charge in [-0.25, -0.2) is 0 Å². The third kappa shape index (κ3) is 2.56. The van der Waals surface area contributed by atoms with Crippen LogP contribution in [-0.4, -0.2) is 60.0 Å². The average molecular weight is 269 g/mol. The van der Waals surface area contributed by atoms with E-state index in [1.165, 1.54) is 0 Å². The van der Waals surface area contributed by atoms with Crippen molar-refractivity contribution in [1.82, 2.24) is 15.5 Å². The lowest BCUT2D eigenvalue weighted by molar-refractivity contribution is -0.148. The normalized spacial score (nSPS) is 31.1. The molecule has 2 aliphatic rings. The number of carboxylic acids is 1. The van der Waals surface area contributed by atoms with Crippen LogP contribution >= 0.6 is 0 Å². The molecule has 2 atom stereocenters. The molecule has 0 aromatic carbocycles. The van der Waals surface area contributed by atoms with Gasteiger partial charge < -0.3 is 15.3 Å². The Morgan fingerprint density at radius 1 is 1.53 bits per heavy atom. The van der Waals surface area contributed by atoms with Crippen molar-refractivity contribution >= 4 is 17.8 Å². The Bertz CT molecular complexity index is 402. The molecule has 3 N–H and O–H groups in total. The highest BCUT2D eigenvalue weighted by atomic mass is 16.4. The molecule has 2 aliphatic heterocycles. The zero-order chi connectivity index (χ0) is 14.0. The highest BCUT2D eigenvalue weighted by Crippen LogP contribution is 2.34. The van der Waals surface area contributed by atoms with E-state index in [1.807, 2.05) is 6.92 Å². The number of carboxylic acid groups (broad SMARTS) is 1. The Labute approximate surface area is 111 Å². The fourth-order valence-corrected chi connectivity index (χ4v) is 2.64. The molecular formula is C12H19N3O4. The van der Waals surface area contributed by atoms with Crippen molar-refractivity contribution in [3.05, 3.63) is 0 Å². The maximum Gasteiger partial charge on any atom is 0.311 e. The first kappa shape index (κ1) is 13.8. The molecule has 0 spiro atoms. The third-order valence-electron chi connectivity index (χ3n) is 4.11. The molecule has 2 rings (SSSR count). The van der Waals surface area contributed by atoms with Gasteiger partial charge in [0.05, 0.1) is 12.0 Å². The van der Waals surface area contributed by atoms with Crippen molar-refractivity contribution in [3.63, 3.8) is 0 Å². The first-order valence-corrected chi connectivity index (χ1v) is 6.51. The van der Waals surface area contributed by atoms with Crippen LogP contribution in [0.1, 0.15) is 19.8 Å². The first-order chi connectivity index (χ1) is 8.98. The molecule has 0 aromatic heterocycles. The smallest absolute Gasteiger partial charge is 0.311 e. The van der Waals surface area contributed by atoms with Crippen molar-refractivity contribution in [2.45, 2.75) is 25.8 Å². The number of carbonyl (C=O) groups excluding carboxylic acids is 2. The van der Waals surface area contributed by atoms with E-state index in [9.17, 15) is 19.5 Å². The zero-order valence-corrected chi connectivity index (χ0v) is 10.9. The summed E-state index contributed by atoms with van der Waals surface area (Å²) >= 11 is 0. The first-order valence-electron chi connectivity index (χ1n) is 6.51. The molecule has 2 saturated heterocycles. The number of carbonyl (C=O) groups is 3. The third-order valence-corrected chi connectivity index (χ3v) is 4.11. The van der Waals surface area contributed by atoms with Gasteiger partial charge in [-0.05, 0) is 12.8 Å². The van der Waals surface area contributed by atoms with E-state index in [0.29, 0.717) is 19.4 Å². The maximum atomic E-state index is 12.3. The highest BCUT2D eigenvalue weighted by molar-refractivity contribution is 5.88. The molecule has 2 amide bonds. The number of amides is 2. The molecule has 0 bridgehead atoms. The SMILES string of the molecule is CCC1(C(=O)O)CCN(C(=O)C2CNC(=O)CN2)C1. The maximum absolute atomic E-state index is 12.3. The van der Waals surface area contributed by atoms with Crippen LogP contribution in [0.5, 0.6) is 0 Å². The Morgan fingerprint density at radius 3 is 2.74 bits per heavy atom. The monoisotopic (exact) mass is 269 g/mol. The van der Waals surface area contributed by atoms with Crippen LogP contribution in [0.3, 0.4) is 0 Å². The lowest BCUT2D eigenvalue weighted by atomic mass is 9.84. The summed E-state index contributed by atoms with van der Waals surface area (Å²) in [5.74, 6) is -1.09. The van der Waals surface area contributed by atoms with Crippen molar-refractivity contribution in [2.75, 3.05) is 26.2 Å². The van der Waals surface area contributed by atoms with E-state index in [4.69, 9.17) is 0 Å². The minimum Gasteiger partial charge on any atom is -0.481 e. The molecular weight excluding hydrogens is 250 g/mol. The quantitative estimate of drug-likeness (QED) is 0.597. The molecule has 7 heteroatoms. The van der Waals surface area contributed by atoms with E-state index in [2.05, 4.69) is 10.6 Å². The fraction of sp³-hybridized carbons (Fsp3) is 0.750. The van der Waals surface area contributed by atoms with E-state index < -0.39 is 17.4 Å². The van der Waals surface area contributed by atoms with Gasteiger partial charge in [0.2, 0.25) is 11.8 Å². The van der Waals surface area contributed by atoms with Crippen LogP contribution in [-0.2, 0) is 14.4 Å². The zero-order valence-electron chi connectivity index (χ0n) is 10.9. The molecule has 2 heterocycles. The fourth-order valence-electron chi connectivity index (χ4n) is 2.64. The van der Waals surface area contributed by atoms with Gasteiger partial charge in [-0.15, -0.1) is 0 Å². The predicted molar refractivity (Wildman–Crippen MR) is 66.4 cm³/mol. The van der Waals surface area contributed by atoms with Crippen molar-refractivity contribution in [3.8, 4) is 0 Å². The summed E-state index contributed by atoms with van der Waals surface area (Å²) in [7, 11) is 0. The number of likely N-dealkylation sites (tertiary alicyclic amines) is 1. The largest absolute Gasteiger partial charge is 0.481 e. The van der Waals surface area contributed by atoms with Crippen molar-refractivity contribution < 1.29 is 19.5 Å². The van der Waals surface area contributed by atoms with Gasteiger partial charge >= 0.3 is 5.97 Å². The van der Waals surface area contributed by atoms with Crippen molar-refractivity contribution in [2.24, 2.45) is 5.41 Å². The van der Waals surface area contributed by atoms with Gasteiger partial charge in [-0.1, -0.05) is 6.92 Å². The molecule has 2 fully saturated rings. The van der Waals surface area contributed by atoms with E-state index >= 15 is 0 Å². The van der Waals surface area contributed by atoms with Crippen LogP contribution in [0, 0.1) is 5.41 Å². The Morgan fingerprint density at radius 2 is 2.26 bits per heavy atom. The number of nitrogens with zero attached hydrogens (tertiary/aromatic N) is 1. The predicted octanol–water partition coefficient (Wildman–Crippen LogP) is -1.21. The van der Waals surface area contributed by atoms with Gasteiger partial charge in [0.15, 0.2) is 0 Å². The van der Waals surface area contributed by atoms with Crippen LogP contribution in [0.15, 0.2) is 0 Å². The molecule has 0 aromatic rings.